The van der Waals surface area contributed by atoms with Gasteiger partial charge in [-0.2, -0.15) is 0 Å². The molecule has 0 saturated carbocycles. The van der Waals surface area contributed by atoms with E-state index in [9.17, 15) is 44.1 Å². The van der Waals surface area contributed by atoms with Crippen LogP contribution in [0, 0.1) is 11.8 Å². The zero-order chi connectivity index (χ0) is 50.9. The molecular weight excluding hydrogens is 890 g/mol. The highest BCUT2D eigenvalue weighted by Crippen LogP contribution is 2.38. The van der Waals surface area contributed by atoms with Gasteiger partial charge in [0.05, 0.1) is 36.9 Å². The third-order valence-electron chi connectivity index (χ3n) is 11.6. The standard InChI is InChI=1S/C41H67NO15.C4H6O6/c1-11-15-31(46)55-39-26(5)52-33(22-41(39,7)49)56-36-25(4)53-40(35(48)34(36)42(8)9)57-37-28(18-19-43)20-23(2)29(45)17-14-12-13-16-24(3)51-32(47)21-30(38(37)50-10)54-27(6)44;5-1(3(7)8)2(6)4(9)10/h12-14,17,19,23-26,28-30,33-40,45,48-49H,11,15-16,18,20-22H2,1-10H3;1-2,5-6H,(H,7,8)(H,9,10)/b13-12+,17-14+;/t23-,24-,25-,26+,28+,29+,30-,33+,34-,35-,36-,37+,38+,39+,40+,41-;1-,2-/m11/s1. The molecule has 3 heterocycles. The molecule has 0 bridgehead atoms. The molecule has 22 heteroatoms. The highest BCUT2D eigenvalue weighted by atomic mass is 16.7. The van der Waals surface area contributed by atoms with Crippen LogP contribution in [0.25, 0.3) is 0 Å². The number of rotatable bonds is 15. The average molecular weight is 964 g/mol. The van der Waals surface area contributed by atoms with Crippen molar-refractivity contribution >= 4 is 36.1 Å². The van der Waals surface area contributed by atoms with Crippen molar-refractivity contribution in [2.75, 3.05) is 21.2 Å². The summed E-state index contributed by atoms with van der Waals surface area (Å²) in [5, 5.41) is 67.0. The lowest BCUT2D eigenvalue weighted by atomic mass is 9.82. The number of hydrogen-bond acceptors (Lipinski definition) is 20. The number of carbonyl (C=O) groups excluding carboxylic acids is 4. The van der Waals surface area contributed by atoms with E-state index < -0.39 is 146 Å². The SMILES string of the molecule is CCCC(=O)O[C@H]1[C@H](C)O[C@@H](O[C@H]2[C@H](N(C)C)[C@@H](O)[C@H](O[C@H]3[C@@H](CC=O)C[C@@H](C)[C@@H](O)/C=C/C=C/C[C@@H](C)OC(=O)C[C@@H](OC(C)=O)[C@@H]3OC)O[C@@H]2C)C[C@@]1(C)O.O=C(O)[C@H](O)[C@@H](O)C(=O)O. The van der Waals surface area contributed by atoms with E-state index >= 15 is 0 Å². The fourth-order valence-electron chi connectivity index (χ4n) is 8.23. The van der Waals surface area contributed by atoms with E-state index in [0.717, 1.165) is 0 Å². The van der Waals surface area contributed by atoms with Crippen molar-refractivity contribution in [2.45, 2.75) is 191 Å². The third kappa shape index (κ3) is 18.1. The topological polar surface area (TPSA) is 321 Å². The van der Waals surface area contributed by atoms with E-state index in [2.05, 4.69) is 0 Å². The Hall–Kier alpha value is -3.94. The number of carboxylic acid groups (broad SMARTS) is 2. The number of esters is 3. The molecule has 0 aromatic heterocycles. The number of likely N-dealkylation sites (N-methyl/N-ethyl adjacent to an activating group) is 1. The minimum absolute atomic E-state index is 0.0416. The van der Waals surface area contributed by atoms with Gasteiger partial charge in [0.1, 0.15) is 42.4 Å². The first-order chi connectivity index (χ1) is 31.3. The van der Waals surface area contributed by atoms with Gasteiger partial charge in [0.15, 0.2) is 30.9 Å². The Bertz CT molecular complexity index is 1640. The van der Waals surface area contributed by atoms with Gasteiger partial charge in [-0.3, -0.25) is 14.4 Å². The first kappa shape index (κ1) is 59.2. The van der Waals surface area contributed by atoms with Crippen molar-refractivity contribution in [1.29, 1.82) is 0 Å². The number of allylic oxidation sites excluding steroid dienone is 2. The number of aliphatic hydroxyl groups excluding tert-OH is 4. The fraction of sp³-hybridized carbons (Fsp3) is 0.778. The van der Waals surface area contributed by atoms with Crippen LogP contribution in [0.4, 0.5) is 0 Å². The van der Waals surface area contributed by atoms with Crippen LogP contribution < -0.4 is 0 Å². The van der Waals surface area contributed by atoms with E-state index in [1.165, 1.54) is 14.0 Å². The number of carbonyl (C=O) groups is 6. The predicted molar refractivity (Wildman–Crippen MR) is 233 cm³/mol. The Morgan fingerprint density at radius 3 is 2.09 bits per heavy atom. The summed E-state index contributed by atoms with van der Waals surface area (Å²) in [6, 6.07) is -0.779. The van der Waals surface area contributed by atoms with Crippen LogP contribution in [0.5, 0.6) is 0 Å². The maximum absolute atomic E-state index is 13.2. The van der Waals surface area contributed by atoms with Gasteiger partial charge in [-0.05, 0) is 66.5 Å². The van der Waals surface area contributed by atoms with Crippen molar-refractivity contribution < 1.29 is 102 Å². The summed E-state index contributed by atoms with van der Waals surface area (Å²) in [7, 11) is 4.85. The van der Waals surface area contributed by atoms with E-state index in [4.69, 9.17) is 58.3 Å². The van der Waals surface area contributed by atoms with Crippen molar-refractivity contribution in [3.63, 3.8) is 0 Å². The smallest absolute Gasteiger partial charge is 0.335 e. The molecule has 0 spiro atoms. The van der Waals surface area contributed by atoms with E-state index in [-0.39, 0.29) is 25.7 Å². The number of carboxylic acids is 2. The molecule has 18 atom stereocenters. The summed E-state index contributed by atoms with van der Waals surface area (Å²) in [4.78, 5) is 71.6. The lowest BCUT2D eigenvalue weighted by Gasteiger charge is -2.50. The quantitative estimate of drug-likeness (QED) is 0.0673. The van der Waals surface area contributed by atoms with Gasteiger partial charge in [0, 0.05) is 39.7 Å². The average Bonchev–Trinajstić information content (AvgIpc) is 3.22. The molecular formula is C45H73NO21. The monoisotopic (exact) mass is 963 g/mol. The summed E-state index contributed by atoms with van der Waals surface area (Å²) in [6.07, 6.45) is -7.98. The van der Waals surface area contributed by atoms with Gasteiger partial charge in [0.2, 0.25) is 0 Å². The van der Waals surface area contributed by atoms with E-state index in [0.29, 0.717) is 19.1 Å². The van der Waals surface area contributed by atoms with Gasteiger partial charge >= 0.3 is 29.8 Å². The predicted octanol–water partition coefficient (Wildman–Crippen LogP) is 0.645. The van der Waals surface area contributed by atoms with Crippen molar-refractivity contribution in [3.8, 4) is 0 Å². The summed E-state index contributed by atoms with van der Waals surface area (Å²) in [6.45, 7) is 11.6. The summed E-state index contributed by atoms with van der Waals surface area (Å²) < 4.78 is 48.4. The molecule has 3 rings (SSSR count). The summed E-state index contributed by atoms with van der Waals surface area (Å²) in [5.41, 5.74) is -1.49. The fourth-order valence-corrected chi connectivity index (χ4v) is 8.23. The van der Waals surface area contributed by atoms with Crippen molar-refractivity contribution in [2.24, 2.45) is 11.8 Å². The molecule has 0 aliphatic carbocycles. The molecule has 2 saturated heterocycles. The number of aldehydes is 1. The number of aliphatic hydroxyl groups is 5. The second kappa shape index (κ2) is 27.9. The molecule has 384 valence electrons. The molecule has 2 fully saturated rings. The second-order valence-electron chi connectivity index (χ2n) is 17.7. The number of ether oxygens (including phenoxy) is 8. The number of methoxy groups -OCH3 is 1. The molecule has 0 radical (unpaired) electrons. The Labute approximate surface area is 391 Å². The molecule has 0 aromatic rings. The third-order valence-corrected chi connectivity index (χ3v) is 11.6. The number of hydrogen-bond donors (Lipinski definition) is 7. The number of aliphatic carboxylic acids is 2. The van der Waals surface area contributed by atoms with Crippen LogP contribution in [0.2, 0.25) is 0 Å². The minimum Gasteiger partial charge on any atom is -0.479 e. The Morgan fingerprint density at radius 1 is 0.940 bits per heavy atom. The van der Waals surface area contributed by atoms with Gasteiger partial charge in [-0.1, -0.05) is 38.2 Å². The Kier molecular flexibility index (Phi) is 24.6. The van der Waals surface area contributed by atoms with Gasteiger partial charge in [-0.25, -0.2) is 9.59 Å². The van der Waals surface area contributed by atoms with Crippen LogP contribution in [-0.2, 0) is 66.7 Å². The zero-order valence-corrected chi connectivity index (χ0v) is 39.9. The number of cyclic esters (lactones) is 1. The number of nitrogens with zero attached hydrogens (tertiary/aromatic N) is 1. The van der Waals surface area contributed by atoms with Gasteiger partial charge < -0.3 is 83.3 Å². The normalized spacial score (nSPS) is 37.3. The van der Waals surface area contributed by atoms with Crippen LogP contribution in [0.1, 0.15) is 93.4 Å². The van der Waals surface area contributed by atoms with E-state index in [1.54, 1.807) is 71.0 Å². The largest absolute Gasteiger partial charge is 0.479 e. The van der Waals surface area contributed by atoms with Crippen molar-refractivity contribution in [1.82, 2.24) is 4.90 Å². The molecule has 0 aromatic carbocycles. The molecule has 0 amide bonds. The van der Waals surface area contributed by atoms with Crippen LogP contribution >= 0.6 is 0 Å². The highest BCUT2D eigenvalue weighted by Gasteiger charge is 2.53. The lowest BCUT2D eigenvalue weighted by molar-refractivity contribution is -0.344. The summed E-state index contributed by atoms with van der Waals surface area (Å²) in [5.74, 6) is -6.42. The Balaban J connectivity index is 0.00000137. The van der Waals surface area contributed by atoms with Crippen LogP contribution in [0.3, 0.4) is 0 Å². The van der Waals surface area contributed by atoms with Crippen LogP contribution in [0.15, 0.2) is 24.3 Å². The molecule has 3 aliphatic rings. The molecule has 7 N–H and O–H groups in total. The zero-order valence-electron chi connectivity index (χ0n) is 39.9. The maximum atomic E-state index is 13.2. The molecule has 67 heavy (non-hydrogen) atoms. The highest BCUT2D eigenvalue weighted by molar-refractivity contribution is 5.83. The van der Waals surface area contributed by atoms with E-state index in [1.807, 2.05) is 13.8 Å². The van der Waals surface area contributed by atoms with Crippen molar-refractivity contribution in [3.05, 3.63) is 24.3 Å². The van der Waals surface area contributed by atoms with Crippen LogP contribution in [-0.4, -0.2) is 195 Å². The first-order valence-electron chi connectivity index (χ1n) is 22.3. The molecule has 0 unspecified atom stereocenters. The minimum atomic E-state index is -2.27. The lowest BCUT2D eigenvalue weighted by Crippen LogP contribution is -2.66. The maximum Gasteiger partial charge on any atom is 0.335 e. The molecule has 3 aliphatic heterocycles. The Morgan fingerprint density at radius 2 is 1.57 bits per heavy atom. The first-order valence-corrected chi connectivity index (χ1v) is 22.3. The summed E-state index contributed by atoms with van der Waals surface area (Å²) >= 11 is 0. The van der Waals surface area contributed by atoms with Gasteiger partial charge in [0.25, 0.3) is 0 Å². The second-order valence-corrected chi connectivity index (χ2v) is 17.7. The van der Waals surface area contributed by atoms with Gasteiger partial charge in [-0.15, -0.1) is 0 Å². The molecule has 22 nitrogen and oxygen atoms in total.